The number of hydrogen-bond acceptors (Lipinski definition) is 3. The van der Waals surface area contributed by atoms with E-state index in [-0.39, 0.29) is 4.90 Å². The number of sulfonamides is 1. The van der Waals surface area contributed by atoms with Crippen LogP contribution in [0.4, 0.5) is 0 Å². The van der Waals surface area contributed by atoms with Crippen LogP contribution in [-0.2, 0) is 10.0 Å². The van der Waals surface area contributed by atoms with E-state index in [9.17, 15) is 8.42 Å². The maximum atomic E-state index is 12.4. The number of halogens is 1. The first-order chi connectivity index (χ1) is 12.4. The van der Waals surface area contributed by atoms with E-state index in [1.165, 1.54) is 0 Å². The van der Waals surface area contributed by atoms with Crippen molar-refractivity contribution < 1.29 is 8.42 Å². The van der Waals surface area contributed by atoms with Gasteiger partial charge in [-0.05, 0) is 61.2 Å². The molecule has 2 aromatic carbocycles. The van der Waals surface area contributed by atoms with Crippen LogP contribution in [0, 0.1) is 6.92 Å². The van der Waals surface area contributed by atoms with Gasteiger partial charge in [-0.2, -0.15) is 18.4 Å². The quantitative estimate of drug-likeness (QED) is 0.773. The van der Waals surface area contributed by atoms with Crippen molar-refractivity contribution in [1.82, 2.24) is 4.83 Å². The van der Waals surface area contributed by atoms with Crippen LogP contribution in [0.25, 0.3) is 6.08 Å². The van der Waals surface area contributed by atoms with Gasteiger partial charge < -0.3 is 0 Å². The molecule has 4 nitrogen and oxygen atoms in total. The fourth-order valence-corrected chi connectivity index (χ4v) is 3.50. The second-order valence-electron chi connectivity index (χ2n) is 6.06. The number of allylic oxidation sites excluding steroid dienone is 3. The molecule has 1 N–H and O–H groups in total. The molecule has 0 bridgehead atoms. The maximum Gasteiger partial charge on any atom is 0.276 e. The van der Waals surface area contributed by atoms with Crippen molar-refractivity contribution in [3.05, 3.63) is 82.4 Å². The van der Waals surface area contributed by atoms with Crippen LogP contribution in [0.3, 0.4) is 0 Å². The Labute approximate surface area is 159 Å². The van der Waals surface area contributed by atoms with Crippen molar-refractivity contribution in [2.45, 2.75) is 24.7 Å². The van der Waals surface area contributed by atoms with Gasteiger partial charge in [0.1, 0.15) is 0 Å². The monoisotopic (exact) mass is 386 g/mol. The third kappa shape index (κ3) is 4.62. The molecule has 0 amide bonds. The van der Waals surface area contributed by atoms with Gasteiger partial charge in [0.05, 0.1) is 10.6 Å². The second kappa shape index (κ2) is 7.89. The van der Waals surface area contributed by atoms with Gasteiger partial charge >= 0.3 is 0 Å². The molecule has 6 heteroatoms. The zero-order chi connectivity index (χ0) is 18.6. The highest BCUT2D eigenvalue weighted by Crippen LogP contribution is 2.19. The van der Waals surface area contributed by atoms with Crippen LogP contribution in [0.15, 0.2) is 76.3 Å². The molecule has 0 heterocycles. The largest absolute Gasteiger partial charge is 0.276 e. The number of aryl methyl sites for hydroxylation is 1. The molecule has 0 unspecified atom stereocenters. The second-order valence-corrected chi connectivity index (χ2v) is 8.16. The SMILES string of the molecule is Cc1ccc(S(=O)(=O)N/N=C2\CCC=C\C2=C/c2ccc(Cl)cc2)cc1. The highest BCUT2D eigenvalue weighted by Gasteiger charge is 2.15. The van der Waals surface area contributed by atoms with Crippen molar-refractivity contribution in [2.24, 2.45) is 5.10 Å². The average Bonchev–Trinajstić information content (AvgIpc) is 2.63. The summed E-state index contributed by atoms with van der Waals surface area (Å²) in [6.45, 7) is 1.91. The van der Waals surface area contributed by atoms with Gasteiger partial charge in [0.15, 0.2) is 0 Å². The standard InChI is InChI=1S/C20H19ClN2O2S/c1-15-6-12-19(13-7-15)26(24,25)23-22-20-5-3-2-4-17(20)14-16-8-10-18(21)11-9-16/h2,4,6-14,23H,3,5H2,1H3/b17-14+,22-20+. The van der Waals surface area contributed by atoms with E-state index in [1.54, 1.807) is 24.3 Å². The number of hydrogen-bond donors (Lipinski definition) is 1. The molecule has 1 aliphatic rings. The lowest BCUT2D eigenvalue weighted by atomic mass is 9.97. The minimum absolute atomic E-state index is 0.196. The summed E-state index contributed by atoms with van der Waals surface area (Å²) in [6, 6.07) is 14.1. The summed E-state index contributed by atoms with van der Waals surface area (Å²) in [7, 11) is -3.68. The molecule has 0 spiro atoms. The molecular formula is C20H19ClN2O2S. The number of rotatable bonds is 4. The molecular weight excluding hydrogens is 368 g/mol. The van der Waals surface area contributed by atoms with E-state index < -0.39 is 10.0 Å². The third-order valence-electron chi connectivity index (χ3n) is 4.00. The topological polar surface area (TPSA) is 58.5 Å². The Kier molecular flexibility index (Phi) is 5.59. The normalized spacial score (nSPS) is 17.6. The van der Waals surface area contributed by atoms with Gasteiger partial charge in [-0.3, -0.25) is 0 Å². The van der Waals surface area contributed by atoms with Crippen LogP contribution in [0.2, 0.25) is 5.02 Å². The zero-order valence-corrected chi connectivity index (χ0v) is 15.9. The van der Waals surface area contributed by atoms with E-state index in [4.69, 9.17) is 11.6 Å². The molecule has 0 aromatic heterocycles. The Hall–Kier alpha value is -2.37. The molecule has 0 saturated carbocycles. The summed E-state index contributed by atoms with van der Waals surface area (Å²) < 4.78 is 24.8. The predicted octanol–water partition coefficient (Wildman–Crippen LogP) is 4.72. The highest BCUT2D eigenvalue weighted by molar-refractivity contribution is 7.89. The molecule has 0 saturated heterocycles. The van der Waals surface area contributed by atoms with Crippen LogP contribution in [0.1, 0.15) is 24.0 Å². The molecule has 0 aliphatic heterocycles. The van der Waals surface area contributed by atoms with E-state index in [1.807, 2.05) is 43.3 Å². The molecule has 1 aliphatic carbocycles. The minimum Gasteiger partial charge on any atom is -0.200 e. The Morgan fingerprint density at radius 1 is 1.08 bits per heavy atom. The van der Waals surface area contributed by atoms with Gasteiger partial charge in [0.25, 0.3) is 10.0 Å². The fraction of sp³-hybridized carbons (Fsp3) is 0.150. The minimum atomic E-state index is -3.68. The molecule has 0 radical (unpaired) electrons. The molecule has 0 fully saturated rings. The number of benzene rings is 2. The smallest absolute Gasteiger partial charge is 0.200 e. The van der Waals surface area contributed by atoms with Gasteiger partial charge in [0, 0.05) is 5.02 Å². The lowest BCUT2D eigenvalue weighted by Gasteiger charge is -2.13. The first-order valence-electron chi connectivity index (χ1n) is 8.23. The first kappa shape index (κ1) is 18.4. The van der Waals surface area contributed by atoms with Gasteiger partial charge in [-0.25, -0.2) is 0 Å². The van der Waals surface area contributed by atoms with E-state index in [0.717, 1.165) is 23.1 Å². The van der Waals surface area contributed by atoms with Gasteiger partial charge in [-0.1, -0.05) is 53.6 Å². The molecule has 2 aromatic rings. The Morgan fingerprint density at radius 3 is 2.46 bits per heavy atom. The van der Waals surface area contributed by atoms with Gasteiger partial charge in [0.2, 0.25) is 0 Å². The number of hydrazone groups is 1. The third-order valence-corrected chi connectivity index (χ3v) is 5.48. The Balaban J connectivity index is 1.85. The summed E-state index contributed by atoms with van der Waals surface area (Å²) in [4.78, 5) is 2.55. The Morgan fingerprint density at radius 2 is 1.77 bits per heavy atom. The lowest BCUT2D eigenvalue weighted by molar-refractivity contribution is 0.584. The summed E-state index contributed by atoms with van der Waals surface area (Å²) in [6.07, 6.45) is 7.47. The van der Waals surface area contributed by atoms with Crippen LogP contribution in [-0.4, -0.2) is 14.1 Å². The van der Waals surface area contributed by atoms with Crippen molar-refractivity contribution in [1.29, 1.82) is 0 Å². The molecule has 3 rings (SSSR count). The summed E-state index contributed by atoms with van der Waals surface area (Å²) in [5.41, 5.74) is 3.56. The highest BCUT2D eigenvalue weighted by atomic mass is 35.5. The van der Waals surface area contributed by atoms with Crippen molar-refractivity contribution >= 4 is 33.4 Å². The average molecular weight is 387 g/mol. The van der Waals surface area contributed by atoms with Crippen LogP contribution < -0.4 is 4.83 Å². The zero-order valence-electron chi connectivity index (χ0n) is 14.3. The number of nitrogens with one attached hydrogen (secondary N) is 1. The molecule has 134 valence electrons. The summed E-state index contributed by atoms with van der Waals surface area (Å²) >= 11 is 5.92. The number of nitrogens with zero attached hydrogens (tertiary/aromatic N) is 1. The van der Waals surface area contributed by atoms with Crippen LogP contribution in [0.5, 0.6) is 0 Å². The fourth-order valence-electron chi connectivity index (χ4n) is 2.55. The van der Waals surface area contributed by atoms with Gasteiger partial charge in [-0.15, -0.1) is 0 Å². The molecule has 0 atom stereocenters. The summed E-state index contributed by atoms with van der Waals surface area (Å²) in [5, 5.41) is 4.85. The van der Waals surface area contributed by atoms with Crippen molar-refractivity contribution in [2.75, 3.05) is 0 Å². The predicted molar refractivity (Wildman–Crippen MR) is 107 cm³/mol. The van der Waals surface area contributed by atoms with E-state index in [2.05, 4.69) is 16.0 Å². The lowest BCUT2D eigenvalue weighted by Crippen LogP contribution is -2.21. The van der Waals surface area contributed by atoms with Crippen LogP contribution >= 0.6 is 11.6 Å². The van der Waals surface area contributed by atoms with Crippen molar-refractivity contribution in [3.63, 3.8) is 0 Å². The molecule has 26 heavy (non-hydrogen) atoms. The Bertz CT molecular complexity index is 973. The van der Waals surface area contributed by atoms with Crippen molar-refractivity contribution in [3.8, 4) is 0 Å². The first-order valence-corrected chi connectivity index (χ1v) is 10.1. The van der Waals surface area contributed by atoms with E-state index in [0.29, 0.717) is 17.2 Å². The maximum absolute atomic E-state index is 12.4. The summed E-state index contributed by atoms with van der Waals surface area (Å²) in [5.74, 6) is 0. The van der Waals surface area contributed by atoms with E-state index >= 15 is 0 Å².